The minimum atomic E-state index is 0.115. The van der Waals surface area contributed by atoms with Crippen molar-refractivity contribution in [1.29, 1.82) is 0 Å². The molecule has 3 rings (SSSR count). The topological polar surface area (TPSA) is 47.8 Å². The first-order valence-electron chi connectivity index (χ1n) is 8.00. The number of aryl methyl sites for hydroxylation is 1. The number of ketones is 1. The molecule has 130 valence electrons. The Morgan fingerprint density at radius 3 is 2.80 bits per heavy atom. The molecule has 0 N–H and O–H groups in total. The summed E-state index contributed by atoms with van der Waals surface area (Å²) >= 11 is 6.31. The van der Waals surface area contributed by atoms with Gasteiger partial charge < -0.3 is 4.57 Å². The van der Waals surface area contributed by atoms with E-state index in [2.05, 4.69) is 56.7 Å². The summed E-state index contributed by atoms with van der Waals surface area (Å²) in [5.74, 6) is 1.34. The van der Waals surface area contributed by atoms with E-state index in [0.29, 0.717) is 5.75 Å². The molecule has 2 heterocycles. The van der Waals surface area contributed by atoms with Crippen molar-refractivity contribution in [1.82, 2.24) is 14.8 Å². The monoisotopic (exact) mass is 435 g/mol. The lowest BCUT2D eigenvalue weighted by Crippen LogP contribution is -2.05. The molecule has 0 aliphatic rings. The van der Waals surface area contributed by atoms with Crippen LogP contribution in [0.1, 0.15) is 28.6 Å². The fourth-order valence-corrected chi connectivity index (χ4v) is 4.75. The van der Waals surface area contributed by atoms with Gasteiger partial charge in [-0.05, 0) is 47.5 Å². The smallest absolute Gasteiger partial charge is 0.191 e. The molecule has 3 aromatic rings. The summed E-state index contributed by atoms with van der Waals surface area (Å²) in [4.78, 5) is 13.1. The molecular formula is C18H18BrN3OS2. The van der Waals surface area contributed by atoms with Crippen LogP contribution in [0, 0.1) is 6.92 Å². The molecule has 0 aliphatic carbocycles. The lowest BCUT2D eigenvalue weighted by atomic mass is 10.1. The van der Waals surface area contributed by atoms with E-state index in [1.807, 2.05) is 24.3 Å². The lowest BCUT2D eigenvalue weighted by Gasteiger charge is -2.09. The van der Waals surface area contributed by atoms with Crippen molar-refractivity contribution in [3.63, 3.8) is 0 Å². The Bertz CT molecular complexity index is 888. The standard InChI is InChI=1S/C18H18BrN3OS2/c1-3-9-22-17(13-6-4-5-12(2)10-13)20-21-18(22)24-11-14(23)15-7-8-16(19)25-15/h4-8,10H,3,9,11H2,1-2H3. The van der Waals surface area contributed by atoms with Gasteiger partial charge in [0.1, 0.15) is 0 Å². The summed E-state index contributed by atoms with van der Waals surface area (Å²) in [7, 11) is 0. The van der Waals surface area contributed by atoms with Gasteiger partial charge in [-0.2, -0.15) is 0 Å². The molecule has 4 nitrogen and oxygen atoms in total. The molecule has 2 aromatic heterocycles. The number of thiophene rings is 1. The minimum Gasteiger partial charge on any atom is -0.302 e. The van der Waals surface area contributed by atoms with Crippen molar-refractivity contribution in [3.8, 4) is 11.4 Å². The van der Waals surface area contributed by atoms with E-state index in [1.165, 1.54) is 28.7 Å². The van der Waals surface area contributed by atoms with Crippen LogP contribution in [-0.2, 0) is 6.54 Å². The summed E-state index contributed by atoms with van der Waals surface area (Å²) in [5.41, 5.74) is 2.25. The highest BCUT2D eigenvalue weighted by Gasteiger charge is 2.16. The molecule has 0 bridgehead atoms. The zero-order valence-corrected chi connectivity index (χ0v) is 17.2. The van der Waals surface area contributed by atoms with Gasteiger partial charge in [0.05, 0.1) is 14.4 Å². The van der Waals surface area contributed by atoms with E-state index in [4.69, 9.17) is 0 Å². The molecule has 0 aliphatic heterocycles. The molecule has 0 fully saturated rings. The minimum absolute atomic E-state index is 0.115. The van der Waals surface area contributed by atoms with Crippen molar-refractivity contribution in [2.24, 2.45) is 0 Å². The number of carbonyl (C=O) groups is 1. The van der Waals surface area contributed by atoms with E-state index >= 15 is 0 Å². The van der Waals surface area contributed by atoms with E-state index in [1.54, 1.807) is 0 Å². The van der Waals surface area contributed by atoms with Crippen molar-refractivity contribution in [2.75, 3.05) is 5.75 Å². The van der Waals surface area contributed by atoms with E-state index in [9.17, 15) is 4.79 Å². The summed E-state index contributed by atoms with van der Waals surface area (Å²) < 4.78 is 3.08. The molecule has 1 aromatic carbocycles. The molecule has 25 heavy (non-hydrogen) atoms. The van der Waals surface area contributed by atoms with Crippen LogP contribution in [0.15, 0.2) is 45.3 Å². The van der Waals surface area contributed by atoms with Gasteiger partial charge in [-0.25, -0.2) is 0 Å². The number of Topliss-reactive ketones (excluding diaryl/α,β-unsaturated/α-hetero) is 1. The third-order valence-corrected chi connectivity index (χ3v) is 6.25. The van der Waals surface area contributed by atoms with Crippen molar-refractivity contribution in [3.05, 3.63) is 50.6 Å². The first kappa shape index (κ1) is 18.4. The Labute approximate surface area is 163 Å². The van der Waals surface area contributed by atoms with Crippen LogP contribution in [0.5, 0.6) is 0 Å². The highest BCUT2D eigenvalue weighted by molar-refractivity contribution is 9.11. The molecular weight excluding hydrogens is 418 g/mol. The number of hydrogen-bond acceptors (Lipinski definition) is 5. The summed E-state index contributed by atoms with van der Waals surface area (Å²) in [6.45, 7) is 5.03. The highest BCUT2D eigenvalue weighted by atomic mass is 79.9. The summed E-state index contributed by atoms with van der Waals surface area (Å²) in [6.07, 6.45) is 0.982. The van der Waals surface area contributed by atoms with E-state index in [0.717, 1.165) is 38.2 Å². The van der Waals surface area contributed by atoms with E-state index < -0.39 is 0 Å². The van der Waals surface area contributed by atoms with Gasteiger partial charge in [0, 0.05) is 12.1 Å². The first-order valence-corrected chi connectivity index (χ1v) is 10.6. The Balaban J connectivity index is 1.81. The van der Waals surface area contributed by atoms with E-state index in [-0.39, 0.29) is 5.78 Å². The predicted octanol–water partition coefficient (Wildman–Crippen LogP) is 5.46. The normalized spacial score (nSPS) is 11.0. The SMILES string of the molecule is CCCn1c(SCC(=O)c2ccc(Br)s2)nnc1-c1cccc(C)c1. The van der Waals surface area contributed by atoms with Gasteiger partial charge in [-0.1, -0.05) is 42.4 Å². The molecule has 0 amide bonds. The van der Waals surface area contributed by atoms with Gasteiger partial charge in [-0.15, -0.1) is 21.5 Å². The number of benzene rings is 1. The second-order valence-corrected chi connectivity index (χ2v) is 9.05. The average molecular weight is 436 g/mol. The maximum absolute atomic E-state index is 12.3. The van der Waals surface area contributed by atoms with Crippen LogP contribution in [0.25, 0.3) is 11.4 Å². The Kier molecular flexibility index (Phi) is 6.09. The van der Waals surface area contributed by atoms with Crippen LogP contribution >= 0.6 is 39.0 Å². The largest absolute Gasteiger partial charge is 0.302 e. The lowest BCUT2D eigenvalue weighted by molar-refractivity contribution is 0.102. The Morgan fingerprint density at radius 1 is 1.28 bits per heavy atom. The maximum atomic E-state index is 12.3. The second-order valence-electron chi connectivity index (χ2n) is 5.64. The second kappa shape index (κ2) is 8.29. The van der Waals surface area contributed by atoms with Gasteiger partial charge >= 0.3 is 0 Å². The van der Waals surface area contributed by atoms with Gasteiger partial charge in [0.15, 0.2) is 16.8 Å². The van der Waals surface area contributed by atoms with Crippen LogP contribution < -0.4 is 0 Å². The number of halogens is 1. The number of aromatic nitrogens is 3. The van der Waals surface area contributed by atoms with Crippen LogP contribution in [-0.4, -0.2) is 26.3 Å². The number of nitrogens with zero attached hydrogens (tertiary/aromatic N) is 3. The fraction of sp³-hybridized carbons (Fsp3) is 0.278. The van der Waals surface area contributed by atoms with Gasteiger partial charge in [-0.3, -0.25) is 4.79 Å². The average Bonchev–Trinajstić information content (AvgIpc) is 3.20. The molecule has 7 heteroatoms. The van der Waals surface area contributed by atoms with Crippen LogP contribution in [0.3, 0.4) is 0 Å². The molecule has 0 atom stereocenters. The quantitative estimate of drug-likeness (QED) is 0.364. The molecule has 0 spiro atoms. The zero-order valence-electron chi connectivity index (χ0n) is 14.0. The number of rotatable bonds is 7. The molecule has 0 saturated carbocycles. The summed E-state index contributed by atoms with van der Waals surface area (Å²) in [5, 5.41) is 9.50. The third-order valence-electron chi connectivity index (χ3n) is 3.62. The fourth-order valence-electron chi connectivity index (χ4n) is 2.48. The van der Waals surface area contributed by atoms with Crippen molar-refractivity contribution < 1.29 is 4.79 Å². The Hall–Kier alpha value is -1.44. The van der Waals surface area contributed by atoms with Gasteiger partial charge in [0.2, 0.25) is 0 Å². The molecule has 0 unspecified atom stereocenters. The van der Waals surface area contributed by atoms with Crippen LogP contribution in [0.4, 0.5) is 0 Å². The third kappa shape index (κ3) is 4.40. The Morgan fingerprint density at radius 2 is 2.12 bits per heavy atom. The number of carbonyl (C=O) groups excluding carboxylic acids is 1. The van der Waals surface area contributed by atoms with Crippen molar-refractivity contribution in [2.45, 2.75) is 32.0 Å². The highest BCUT2D eigenvalue weighted by Crippen LogP contribution is 2.27. The van der Waals surface area contributed by atoms with Crippen molar-refractivity contribution >= 4 is 44.8 Å². The molecule has 0 saturated heterocycles. The summed E-state index contributed by atoms with van der Waals surface area (Å²) in [6, 6.07) is 12.0. The number of thioether (sulfide) groups is 1. The number of hydrogen-bond donors (Lipinski definition) is 0. The van der Waals surface area contributed by atoms with Crippen LogP contribution in [0.2, 0.25) is 0 Å². The molecule has 0 radical (unpaired) electrons. The zero-order chi connectivity index (χ0) is 17.8. The predicted molar refractivity (Wildman–Crippen MR) is 108 cm³/mol. The maximum Gasteiger partial charge on any atom is 0.191 e. The van der Waals surface area contributed by atoms with Gasteiger partial charge in [0.25, 0.3) is 0 Å². The first-order chi connectivity index (χ1) is 12.1.